The topological polar surface area (TPSA) is 87.9 Å². The molecule has 0 unspecified atom stereocenters. The molecule has 1 amide bonds. The van der Waals surface area contributed by atoms with Gasteiger partial charge in [0, 0.05) is 24.3 Å². The highest BCUT2D eigenvalue weighted by molar-refractivity contribution is 5.92. The highest BCUT2D eigenvalue weighted by Crippen LogP contribution is 2.33. The van der Waals surface area contributed by atoms with Crippen LogP contribution in [-0.4, -0.2) is 44.2 Å². The molecule has 1 aliphatic heterocycles. The largest absolute Gasteiger partial charge is 0.339 e. The summed E-state index contributed by atoms with van der Waals surface area (Å²) in [6.45, 7) is 5.18. The molecule has 3 heterocycles. The summed E-state index contributed by atoms with van der Waals surface area (Å²) >= 11 is 0. The SMILES string of the molecule is Cc1cc(C(=O)N2C[C@@H](C)[C@H](c3nc(-c4ccccc4)no3)C2)n[nH]1. The number of aryl methyl sites for hydroxylation is 1. The molecule has 0 spiro atoms. The van der Waals surface area contributed by atoms with Crippen molar-refractivity contribution in [1.29, 1.82) is 0 Å². The summed E-state index contributed by atoms with van der Waals surface area (Å²) in [4.78, 5) is 18.9. The van der Waals surface area contributed by atoms with E-state index in [-0.39, 0.29) is 17.7 Å². The van der Waals surface area contributed by atoms with Gasteiger partial charge in [-0.3, -0.25) is 9.89 Å². The summed E-state index contributed by atoms with van der Waals surface area (Å²) in [5.74, 6) is 1.37. The zero-order valence-corrected chi connectivity index (χ0v) is 14.1. The number of aromatic nitrogens is 4. The van der Waals surface area contributed by atoms with Crippen molar-refractivity contribution in [3.05, 3.63) is 53.7 Å². The van der Waals surface area contributed by atoms with Crippen molar-refractivity contribution in [3.63, 3.8) is 0 Å². The van der Waals surface area contributed by atoms with E-state index >= 15 is 0 Å². The Bertz CT molecular complexity index is 886. The number of H-pyrrole nitrogens is 1. The van der Waals surface area contributed by atoms with Gasteiger partial charge in [0.2, 0.25) is 11.7 Å². The molecule has 0 radical (unpaired) electrons. The van der Waals surface area contributed by atoms with E-state index in [4.69, 9.17) is 4.52 Å². The molecule has 0 saturated carbocycles. The maximum atomic E-state index is 12.6. The van der Waals surface area contributed by atoms with Gasteiger partial charge in [-0.2, -0.15) is 10.1 Å². The quantitative estimate of drug-likeness (QED) is 0.794. The van der Waals surface area contributed by atoms with Crippen LogP contribution in [-0.2, 0) is 0 Å². The van der Waals surface area contributed by atoms with E-state index in [1.165, 1.54) is 0 Å². The molecule has 3 aromatic rings. The molecule has 7 heteroatoms. The van der Waals surface area contributed by atoms with Gasteiger partial charge in [0.25, 0.3) is 5.91 Å². The minimum atomic E-state index is -0.0681. The summed E-state index contributed by atoms with van der Waals surface area (Å²) in [5, 5.41) is 11.0. The van der Waals surface area contributed by atoms with E-state index in [9.17, 15) is 4.79 Å². The predicted molar refractivity (Wildman–Crippen MR) is 90.9 cm³/mol. The molecule has 1 saturated heterocycles. The van der Waals surface area contributed by atoms with Crippen LogP contribution in [0, 0.1) is 12.8 Å². The molecular weight excluding hydrogens is 318 g/mol. The van der Waals surface area contributed by atoms with E-state index in [0.29, 0.717) is 30.5 Å². The van der Waals surface area contributed by atoms with E-state index < -0.39 is 0 Å². The summed E-state index contributed by atoms with van der Waals surface area (Å²) in [6, 6.07) is 11.5. The zero-order chi connectivity index (χ0) is 17.4. The summed E-state index contributed by atoms with van der Waals surface area (Å²) in [5.41, 5.74) is 2.24. The van der Waals surface area contributed by atoms with Crippen molar-refractivity contribution in [3.8, 4) is 11.4 Å². The fourth-order valence-electron chi connectivity index (χ4n) is 3.23. The van der Waals surface area contributed by atoms with Crippen molar-refractivity contribution in [2.45, 2.75) is 19.8 Å². The van der Waals surface area contributed by atoms with Crippen LogP contribution < -0.4 is 0 Å². The number of benzene rings is 1. The Kier molecular flexibility index (Phi) is 3.83. The van der Waals surface area contributed by atoms with Crippen LogP contribution in [0.2, 0.25) is 0 Å². The molecule has 25 heavy (non-hydrogen) atoms. The third-order valence-corrected chi connectivity index (χ3v) is 4.62. The van der Waals surface area contributed by atoms with Crippen LogP contribution in [0.4, 0.5) is 0 Å². The van der Waals surface area contributed by atoms with Crippen LogP contribution in [0.25, 0.3) is 11.4 Å². The summed E-state index contributed by atoms with van der Waals surface area (Å²) in [7, 11) is 0. The lowest BCUT2D eigenvalue weighted by Crippen LogP contribution is -2.29. The molecule has 1 aromatic carbocycles. The Morgan fingerprint density at radius 2 is 2.08 bits per heavy atom. The van der Waals surface area contributed by atoms with Crippen molar-refractivity contribution in [2.75, 3.05) is 13.1 Å². The Morgan fingerprint density at radius 3 is 2.80 bits per heavy atom. The molecule has 7 nitrogen and oxygen atoms in total. The second-order valence-corrected chi connectivity index (χ2v) is 6.55. The molecule has 2 atom stereocenters. The van der Waals surface area contributed by atoms with Crippen LogP contribution in [0.15, 0.2) is 40.9 Å². The Morgan fingerprint density at radius 1 is 1.28 bits per heavy atom. The van der Waals surface area contributed by atoms with Gasteiger partial charge in [-0.25, -0.2) is 0 Å². The predicted octanol–water partition coefficient (Wildman–Crippen LogP) is 2.64. The lowest BCUT2D eigenvalue weighted by Gasteiger charge is -2.13. The number of nitrogens with one attached hydrogen (secondary N) is 1. The number of hydrogen-bond acceptors (Lipinski definition) is 5. The molecular formula is C18H19N5O2. The lowest BCUT2D eigenvalue weighted by atomic mass is 9.98. The first-order valence-electron chi connectivity index (χ1n) is 8.32. The number of hydrogen-bond donors (Lipinski definition) is 1. The molecule has 128 valence electrons. The van der Waals surface area contributed by atoms with Crippen LogP contribution in [0.1, 0.15) is 34.9 Å². The van der Waals surface area contributed by atoms with E-state index in [0.717, 1.165) is 11.3 Å². The first kappa shape index (κ1) is 15.6. The fourth-order valence-corrected chi connectivity index (χ4v) is 3.23. The van der Waals surface area contributed by atoms with Crippen LogP contribution in [0.5, 0.6) is 0 Å². The smallest absolute Gasteiger partial charge is 0.274 e. The number of carbonyl (C=O) groups excluding carboxylic acids is 1. The van der Waals surface area contributed by atoms with E-state index in [1.54, 1.807) is 11.0 Å². The van der Waals surface area contributed by atoms with Crippen LogP contribution in [0.3, 0.4) is 0 Å². The molecule has 2 aromatic heterocycles. The van der Waals surface area contributed by atoms with Crippen molar-refractivity contribution >= 4 is 5.91 Å². The monoisotopic (exact) mass is 337 g/mol. The normalized spacial score (nSPS) is 20.2. The number of nitrogens with zero attached hydrogens (tertiary/aromatic N) is 4. The molecule has 0 bridgehead atoms. The first-order chi connectivity index (χ1) is 12.1. The Hall–Kier alpha value is -2.96. The Balaban J connectivity index is 1.52. The van der Waals surface area contributed by atoms with Crippen molar-refractivity contribution < 1.29 is 9.32 Å². The molecule has 1 fully saturated rings. The van der Waals surface area contributed by atoms with Gasteiger partial charge in [-0.15, -0.1) is 0 Å². The summed E-state index contributed by atoms with van der Waals surface area (Å²) in [6.07, 6.45) is 0. The van der Waals surface area contributed by atoms with Gasteiger partial charge in [-0.05, 0) is 18.9 Å². The number of rotatable bonds is 3. The van der Waals surface area contributed by atoms with Gasteiger partial charge < -0.3 is 9.42 Å². The number of likely N-dealkylation sites (tertiary alicyclic amines) is 1. The third-order valence-electron chi connectivity index (χ3n) is 4.62. The van der Waals surface area contributed by atoms with Crippen LogP contribution >= 0.6 is 0 Å². The highest BCUT2D eigenvalue weighted by Gasteiger charge is 2.37. The number of aromatic amines is 1. The van der Waals surface area contributed by atoms with Crippen molar-refractivity contribution in [2.24, 2.45) is 5.92 Å². The number of amides is 1. The minimum Gasteiger partial charge on any atom is -0.339 e. The molecule has 1 N–H and O–H groups in total. The van der Waals surface area contributed by atoms with E-state index in [2.05, 4.69) is 27.3 Å². The molecule has 0 aliphatic carbocycles. The van der Waals surface area contributed by atoms with Gasteiger partial charge in [-0.1, -0.05) is 42.4 Å². The first-order valence-corrected chi connectivity index (χ1v) is 8.32. The zero-order valence-electron chi connectivity index (χ0n) is 14.1. The van der Waals surface area contributed by atoms with E-state index in [1.807, 2.05) is 37.3 Å². The van der Waals surface area contributed by atoms with Gasteiger partial charge in [0.1, 0.15) is 5.69 Å². The lowest BCUT2D eigenvalue weighted by molar-refractivity contribution is 0.0780. The fraction of sp³-hybridized carbons (Fsp3) is 0.333. The van der Waals surface area contributed by atoms with Gasteiger partial charge in [0.15, 0.2) is 0 Å². The average Bonchev–Trinajstić information content (AvgIpc) is 3.34. The molecule has 4 rings (SSSR count). The summed E-state index contributed by atoms with van der Waals surface area (Å²) < 4.78 is 5.49. The molecule has 1 aliphatic rings. The maximum absolute atomic E-state index is 12.6. The second kappa shape index (κ2) is 6.16. The van der Waals surface area contributed by atoms with Gasteiger partial charge in [0.05, 0.1) is 5.92 Å². The standard InChI is InChI=1S/C18H19N5O2/c1-11-9-23(18(24)15-8-12(2)20-21-15)10-14(11)17-19-16(22-25-17)13-6-4-3-5-7-13/h3-8,11,14H,9-10H2,1-2H3,(H,20,21)/t11-,14-/m1/s1. The second-order valence-electron chi connectivity index (χ2n) is 6.55. The van der Waals surface area contributed by atoms with Crippen molar-refractivity contribution in [1.82, 2.24) is 25.2 Å². The third kappa shape index (κ3) is 2.93. The highest BCUT2D eigenvalue weighted by atomic mass is 16.5. The minimum absolute atomic E-state index is 0.0361. The number of carbonyl (C=O) groups is 1. The average molecular weight is 337 g/mol. The maximum Gasteiger partial charge on any atom is 0.274 e. The van der Waals surface area contributed by atoms with Gasteiger partial charge >= 0.3 is 0 Å². The Labute approximate surface area is 145 Å².